The second-order valence-electron chi connectivity index (χ2n) is 2.46. The SMILES string of the molecule is C#CC1CCOP(=O)(OC)C1. The van der Waals surface area contributed by atoms with E-state index in [1.165, 1.54) is 7.11 Å². The lowest BCUT2D eigenvalue weighted by Crippen LogP contribution is -2.16. The van der Waals surface area contributed by atoms with E-state index in [2.05, 4.69) is 5.92 Å². The van der Waals surface area contributed by atoms with Crippen LogP contribution in [0.1, 0.15) is 6.42 Å². The van der Waals surface area contributed by atoms with Crippen LogP contribution in [0.15, 0.2) is 0 Å². The van der Waals surface area contributed by atoms with Crippen molar-refractivity contribution in [2.24, 2.45) is 5.92 Å². The van der Waals surface area contributed by atoms with Crippen molar-refractivity contribution in [2.45, 2.75) is 6.42 Å². The van der Waals surface area contributed by atoms with E-state index < -0.39 is 7.60 Å². The highest BCUT2D eigenvalue weighted by Crippen LogP contribution is 2.51. The zero-order chi connectivity index (χ0) is 8.32. The molecule has 11 heavy (non-hydrogen) atoms. The summed E-state index contributed by atoms with van der Waals surface area (Å²) in [4.78, 5) is 0. The number of hydrogen-bond donors (Lipinski definition) is 0. The molecule has 3 nitrogen and oxygen atoms in total. The molecule has 2 atom stereocenters. The van der Waals surface area contributed by atoms with E-state index in [1.807, 2.05) is 0 Å². The van der Waals surface area contributed by atoms with Crippen molar-refractivity contribution in [3.05, 3.63) is 0 Å². The lowest BCUT2D eigenvalue weighted by molar-refractivity contribution is 0.202. The van der Waals surface area contributed by atoms with E-state index in [1.54, 1.807) is 0 Å². The molecule has 0 amide bonds. The molecule has 4 heteroatoms. The molecule has 1 heterocycles. The van der Waals surface area contributed by atoms with E-state index in [0.717, 1.165) is 6.42 Å². The number of hydrogen-bond acceptors (Lipinski definition) is 3. The summed E-state index contributed by atoms with van der Waals surface area (Å²) in [6.45, 7) is 0.444. The van der Waals surface area contributed by atoms with Crippen LogP contribution in [-0.4, -0.2) is 19.9 Å². The Balaban J connectivity index is 2.61. The summed E-state index contributed by atoms with van der Waals surface area (Å²) in [6, 6.07) is 0. The van der Waals surface area contributed by atoms with E-state index >= 15 is 0 Å². The van der Waals surface area contributed by atoms with Gasteiger partial charge in [-0.2, -0.15) is 0 Å². The van der Waals surface area contributed by atoms with Gasteiger partial charge < -0.3 is 9.05 Å². The van der Waals surface area contributed by atoms with Crippen LogP contribution in [0, 0.1) is 18.3 Å². The van der Waals surface area contributed by atoms with Gasteiger partial charge in [0, 0.05) is 13.0 Å². The van der Waals surface area contributed by atoms with Crippen LogP contribution in [0.25, 0.3) is 0 Å². The third-order valence-electron chi connectivity index (χ3n) is 1.71. The van der Waals surface area contributed by atoms with Crippen LogP contribution in [0.4, 0.5) is 0 Å². The molecule has 0 aliphatic carbocycles. The standard InChI is InChI=1S/C7H11O3P/c1-3-7-4-5-10-11(8,6-7)9-2/h1,7H,4-6H2,2H3. The Morgan fingerprint density at radius 1 is 1.82 bits per heavy atom. The molecule has 1 aliphatic heterocycles. The molecule has 1 rings (SSSR count). The Bertz CT molecular complexity index is 218. The second-order valence-corrected chi connectivity index (χ2v) is 4.67. The lowest BCUT2D eigenvalue weighted by atomic mass is 10.1. The average molecular weight is 174 g/mol. The minimum Gasteiger partial charge on any atom is -0.312 e. The van der Waals surface area contributed by atoms with Gasteiger partial charge in [0.05, 0.1) is 12.8 Å². The molecule has 0 N–H and O–H groups in total. The molecule has 0 aromatic rings. The average Bonchev–Trinajstić information content (AvgIpc) is 2.05. The fourth-order valence-corrected chi connectivity index (χ4v) is 2.58. The summed E-state index contributed by atoms with van der Waals surface area (Å²) in [5.74, 6) is 2.61. The van der Waals surface area contributed by atoms with Crippen LogP contribution >= 0.6 is 7.60 Å². The van der Waals surface area contributed by atoms with Crippen molar-refractivity contribution in [3.8, 4) is 12.3 Å². The van der Waals surface area contributed by atoms with Crippen molar-refractivity contribution in [3.63, 3.8) is 0 Å². The normalized spacial score (nSPS) is 38.0. The zero-order valence-electron chi connectivity index (χ0n) is 6.45. The maximum Gasteiger partial charge on any atom is 0.331 e. The maximum atomic E-state index is 11.4. The van der Waals surface area contributed by atoms with Crippen LogP contribution < -0.4 is 0 Å². The van der Waals surface area contributed by atoms with Crippen molar-refractivity contribution in [1.29, 1.82) is 0 Å². The van der Waals surface area contributed by atoms with E-state index in [0.29, 0.717) is 12.8 Å². The molecular weight excluding hydrogens is 163 g/mol. The first kappa shape index (κ1) is 8.80. The van der Waals surface area contributed by atoms with Crippen LogP contribution in [0.5, 0.6) is 0 Å². The van der Waals surface area contributed by atoms with E-state index in [9.17, 15) is 4.57 Å². The molecule has 1 fully saturated rings. The predicted molar refractivity (Wildman–Crippen MR) is 42.4 cm³/mol. The Labute approximate surface area is 66.6 Å². The van der Waals surface area contributed by atoms with Gasteiger partial charge >= 0.3 is 7.60 Å². The van der Waals surface area contributed by atoms with Crippen molar-refractivity contribution in [2.75, 3.05) is 19.9 Å². The third kappa shape index (κ3) is 2.07. The molecule has 0 spiro atoms. The molecule has 2 unspecified atom stereocenters. The zero-order valence-corrected chi connectivity index (χ0v) is 7.34. The first-order valence-corrected chi connectivity index (χ1v) is 5.18. The fraction of sp³-hybridized carbons (Fsp3) is 0.714. The number of rotatable bonds is 1. The van der Waals surface area contributed by atoms with Gasteiger partial charge in [0.15, 0.2) is 0 Å². The van der Waals surface area contributed by atoms with E-state index in [-0.39, 0.29) is 5.92 Å². The molecule has 0 bridgehead atoms. The highest BCUT2D eigenvalue weighted by molar-refractivity contribution is 7.53. The van der Waals surface area contributed by atoms with Gasteiger partial charge in [-0.3, -0.25) is 4.57 Å². The fourth-order valence-electron chi connectivity index (χ4n) is 1.01. The van der Waals surface area contributed by atoms with Crippen LogP contribution in [-0.2, 0) is 13.6 Å². The monoisotopic (exact) mass is 174 g/mol. The summed E-state index contributed by atoms with van der Waals surface area (Å²) in [5, 5.41) is 0. The first-order chi connectivity index (χ1) is 5.20. The third-order valence-corrected chi connectivity index (χ3v) is 3.73. The molecule has 1 aliphatic rings. The smallest absolute Gasteiger partial charge is 0.312 e. The minimum absolute atomic E-state index is 0.0505. The summed E-state index contributed by atoms with van der Waals surface area (Å²) < 4.78 is 21.2. The highest BCUT2D eigenvalue weighted by Gasteiger charge is 2.31. The molecule has 62 valence electrons. The Kier molecular flexibility index (Phi) is 2.72. The van der Waals surface area contributed by atoms with Gasteiger partial charge in [-0.25, -0.2) is 0 Å². The summed E-state index contributed by atoms with van der Waals surface area (Å²) in [5.41, 5.74) is 0. The highest BCUT2D eigenvalue weighted by atomic mass is 31.2. The topological polar surface area (TPSA) is 35.5 Å². The second kappa shape index (κ2) is 3.40. The Hall–Kier alpha value is -0.290. The predicted octanol–water partition coefficient (Wildman–Crippen LogP) is 1.50. The van der Waals surface area contributed by atoms with Gasteiger partial charge in [0.2, 0.25) is 0 Å². The first-order valence-electron chi connectivity index (χ1n) is 3.45. The van der Waals surface area contributed by atoms with Gasteiger partial charge in [-0.15, -0.1) is 12.3 Å². The molecule has 0 aromatic carbocycles. The molecule has 0 saturated carbocycles. The number of terminal acetylenes is 1. The lowest BCUT2D eigenvalue weighted by Gasteiger charge is -2.24. The van der Waals surface area contributed by atoms with E-state index in [4.69, 9.17) is 15.5 Å². The maximum absolute atomic E-state index is 11.4. The molecule has 1 saturated heterocycles. The minimum atomic E-state index is -2.81. The Morgan fingerprint density at radius 3 is 3.09 bits per heavy atom. The van der Waals surface area contributed by atoms with Crippen molar-refractivity contribution >= 4 is 7.60 Å². The molecule has 0 radical (unpaired) electrons. The summed E-state index contributed by atoms with van der Waals surface area (Å²) >= 11 is 0. The summed E-state index contributed by atoms with van der Waals surface area (Å²) in [6.07, 6.45) is 6.34. The van der Waals surface area contributed by atoms with Crippen LogP contribution in [0.2, 0.25) is 0 Å². The van der Waals surface area contributed by atoms with Crippen LogP contribution in [0.3, 0.4) is 0 Å². The quantitative estimate of drug-likeness (QED) is 0.446. The largest absolute Gasteiger partial charge is 0.331 e. The van der Waals surface area contributed by atoms with Gasteiger partial charge in [0.25, 0.3) is 0 Å². The van der Waals surface area contributed by atoms with Crippen molar-refractivity contribution < 1.29 is 13.6 Å². The van der Waals surface area contributed by atoms with Crippen molar-refractivity contribution in [1.82, 2.24) is 0 Å². The molecule has 0 aromatic heterocycles. The Morgan fingerprint density at radius 2 is 2.55 bits per heavy atom. The van der Waals surface area contributed by atoms with Gasteiger partial charge in [-0.05, 0) is 6.42 Å². The molecular formula is C7H11O3P. The summed E-state index contributed by atoms with van der Waals surface area (Å²) in [7, 11) is -1.42. The van der Waals surface area contributed by atoms with Gasteiger partial charge in [0.1, 0.15) is 0 Å². The van der Waals surface area contributed by atoms with Gasteiger partial charge in [-0.1, -0.05) is 0 Å².